The van der Waals surface area contributed by atoms with Crippen molar-refractivity contribution in [1.82, 2.24) is 14.9 Å². The molecule has 10 heteroatoms. The van der Waals surface area contributed by atoms with Crippen LogP contribution >= 0.6 is 0 Å². The van der Waals surface area contributed by atoms with E-state index in [9.17, 15) is 18.3 Å². The van der Waals surface area contributed by atoms with Crippen molar-refractivity contribution < 1.29 is 27.8 Å². The van der Waals surface area contributed by atoms with Crippen molar-refractivity contribution in [3.05, 3.63) is 161 Å². The average Bonchev–Trinajstić information content (AvgIpc) is 3.23. The minimum absolute atomic E-state index is 0.000330. The Morgan fingerprint density at radius 3 is 2.20 bits per heavy atom. The van der Waals surface area contributed by atoms with E-state index in [-0.39, 0.29) is 36.7 Å². The number of nitrogens with one attached hydrogen (secondary N) is 2. The number of piperidine rings is 1. The van der Waals surface area contributed by atoms with E-state index in [1.165, 1.54) is 19.3 Å². The minimum atomic E-state index is -3.96. The van der Waals surface area contributed by atoms with E-state index in [1.54, 1.807) is 24.3 Å². The number of aryl methyl sites for hydroxylation is 1. The summed E-state index contributed by atoms with van der Waals surface area (Å²) in [7, 11) is -3.96. The number of sulfonamides is 1. The zero-order valence-electron chi connectivity index (χ0n) is 31.8. The number of amides is 1. The first-order valence-electron chi connectivity index (χ1n) is 19.6. The van der Waals surface area contributed by atoms with E-state index in [2.05, 4.69) is 27.1 Å². The van der Waals surface area contributed by atoms with Crippen LogP contribution in [-0.2, 0) is 43.9 Å². The number of aliphatic hydroxyl groups excluding tert-OH is 1. The van der Waals surface area contributed by atoms with Crippen LogP contribution in [0.15, 0.2) is 132 Å². The second-order valence-corrected chi connectivity index (χ2v) is 16.6. The van der Waals surface area contributed by atoms with Crippen LogP contribution in [0.1, 0.15) is 71.5 Å². The lowest BCUT2D eigenvalue weighted by atomic mass is 9.98. The van der Waals surface area contributed by atoms with Crippen LogP contribution in [0, 0.1) is 6.92 Å². The summed E-state index contributed by atoms with van der Waals surface area (Å²) in [6, 6.07) is 39.1. The van der Waals surface area contributed by atoms with Gasteiger partial charge < -0.3 is 24.8 Å². The van der Waals surface area contributed by atoms with Crippen molar-refractivity contribution in [2.75, 3.05) is 19.6 Å². The number of benzene rings is 5. The molecule has 9 nitrogen and oxygen atoms in total. The Bertz CT molecular complexity index is 2160. The molecule has 1 amide bonds. The number of nitrogens with zero attached hydrogens (tertiary/aromatic N) is 1. The first-order valence-corrected chi connectivity index (χ1v) is 21.0. The predicted molar refractivity (Wildman–Crippen MR) is 218 cm³/mol. The number of ether oxygens (including phenoxy) is 2. The van der Waals surface area contributed by atoms with E-state index in [4.69, 9.17) is 9.47 Å². The van der Waals surface area contributed by atoms with Crippen molar-refractivity contribution in [2.24, 2.45) is 0 Å². The van der Waals surface area contributed by atoms with E-state index >= 15 is 0 Å². The number of hydrogen-bond donors (Lipinski definition) is 3. The third-order valence-corrected chi connectivity index (χ3v) is 12.1. The molecular formula is C46H51N3O6S. The molecule has 4 atom stereocenters. The first-order chi connectivity index (χ1) is 27.2. The van der Waals surface area contributed by atoms with E-state index in [0.29, 0.717) is 0 Å². The van der Waals surface area contributed by atoms with Crippen LogP contribution < -0.4 is 10.0 Å². The maximum atomic E-state index is 13.7. The molecule has 2 aliphatic heterocycles. The molecule has 0 bridgehead atoms. The van der Waals surface area contributed by atoms with Gasteiger partial charge in [-0.05, 0) is 96.9 Å². The third-order valence-electron chi connectivity index (χ3n) is 10.6. The molecule has 7 rings (SSSR count). The van der Waals surface area contributed by atoms with Gasteiger partial charge in [0.05, 0.1) is 23.7 Å². The summed E-state index contributed by atoms with van der Waals surface area (Å²) in [5.74, 6) is -0.414. The molecule has 292 valence electrons. The number of hydrogen-bond acceptors (Lipinski definition) is 7. The SMILES string of the molecule is Cc1ccc(S(=O)(=O)N[C@H](Cc2ccccc2)C(=O)NCc2cccc(-c3cccc([C@H]4O[C@@H](CN5CCCCC5)C[C@@H](c5ccc(CO)cc5)O4)c3)c2)cc1. The fourth-order valence-corrected chi connectivity index (χ4v) is 8.71. The smallest absolute Gasteiger partial charge is 0.241 e. The van der Waals surface area contributed by atoms with Gasteiger partial charge in [0.1, 0.15) is 6.04 Å². The van der Waals surface area contributed by atoms with Crippen LogP contribution in [0.3, 0.4) is 0 Å². The molecule has 2 heterocycles. The monoisotopic (exact) mass is 773 g/mol. The molecule has 3 N–H and O–H groups in total. The molecule has 56 heavy (non-hydrogen) atoms. The lowest BCUT2D eigenvalue weighted by molar-refractivity contribution is -0.253. The number of rotatable bonds is 14. The predicted octanol–water partition coefficient (Wildman–Crippen LogP) is 7.39. The largest absolute Gasteiger partial charge is 0.392 e. The van der Waals surface area contributed by atoms with Gasteiger partial charge in [-0.15, -0.1) is 0 Å². The molecule has 0 aromatic heterocycles. The molecule has 0 aliphatic carbocycles. The molecule has 2 fully saturated rings. The van der Waals surface area contributed by atoms with Crippen molar-refractivity contribution in [3.63, 3.8) is 0 Å². The van der Waals surface area contributed by atoms with Gasteiger partial charge in [-0.3, -0.25) is 4.79 Å². The van der Waals surface area contributed by atoms with Crippen molar-refractivity contribution in [1.29, 1.82) is 0 Å². The fourth-order valence-electron chi connectivity index (χ4n) is 7.51. The van der Waals surface area contributed by atoms with Crippen LogP contribution in [0.5, 0.6) is 0 Å². The highest BCUT2D eigenvalue weighted by Gasteiger charge is 2.33. The highest BCUT2D eigenvalue weighted by molar-refractivity contribution is 7.89. The number of carbonyl (C=O) groups is 1. The zero-order valence-corrected chi connectivity index (χ0v) is 32.7. The second-order valence-electron chi connectivity index (χ2n) is 14.9. The van der Waals surface area contributed by atoms with Crippen molar-refractivity contribution >= 4 is 15.9 Å². The average molecular weight is 774 g/mol. The molecule has 5 aromatic carbocycles. The second kappa shape index (κ2) is 18.5. The Morgan fingerprint density at radius 2 is 1.46 bits per heavy atom. The summed E-state index contributed by atoms with van der Waals surface area (Å²) in [6.45, 7) is 5.14. The van der Waals surface area contributed by atoms with Gasteiger partial charge in [-0.2, -0.15) is 4.72 Å². The summed E-state index contributed by atoms with van der Waals surface area (Å²) in [5.41, 5.74) is 7.47. The van der Waals surface area contributed by atoms with Gasteiger partial charge in [0.15, 0.2) is 6.29 Å². The Balaban J connectivity index is 1.06. The van der Waals surface area contributed by atoms with Gasteiger partial charge >= 0.3 is 0 Å². The molecule has 0 spiro atoms. The van der Waals surface area contributed by atoms with Gasteiger partial charge in [0.2, 0.25) is 15.9 Å². The lowest BCUT2D eigenvalue weighted by Gasteiger charge is -2.39. The van der Waals surface area contributed by atoms with E-state index in [1.807, 2.05) is 97.9 Å². The maximum absolute atomic E-state index is 13.7. The molecule has 0 radical (unpaired) electrons. The minimum Gasteiger partial charge on any atom is -0.392 e. The van der Waals surface area contributed by atoms with Crippen LogP contribution in [0.4, 0.5) is 0 Å². The van der Waals surface area contributed by atoms with Gasteiger partial charge in [-0.25, -0.2) is 8.42 Å². The maximum Gasteiger partial charge on any atom is 0.241 e. The Labute approximate surface area is 330 Å². The summed E-state index contributed by atoms with van der Waals surface area (Å²) in [6.07, 6.45) is 3.93. The summed E-state index contributed by atoms with van der Waals surface area (Å²) >= 11 is 0. The van der Waals surface area contributed by atoms with Gasteiger partial charge in [0, 0.05) is 25.1 Å². The van der Waals surface area contributed by atoms with Crippen LogP contribution in [-0.4, -0.2) is 56.1 Å². The molecule has 0 unspecified atom stereocenters. The van der Waals surface area contributed by atoms with E-state index in [0.717, 1.165) is 70.6 Å². The van der Waals surface area contributed by atoms with Crippen molar-refractivity contribution in [2.45, 2.75) is 81.6 Å². The highest BCUT2D eigenvalue weighted by Crippen LogP contribution is 2.39. The summed E-state index contributed by atoms with van der Waals surface area (Å²) in [5, 5.41) is 12.6. The summed E-state index contributed by atoms with van der Waals surface area (Å²) < 4.78 is 42.7. The number of aliphatic hydroxyl groups is 1. The molecule has 2 saturated heterocycles. The molecular weight excluding hydrogens is 723 g/mol. The van der Waals surface area contributed by atoms with Crippen molar-refractivity contribution in [3.8, 4) is 11.1 Å². The Hall–Kier alpha value is -4.68. The standard InChI is InChI=1S/C46H51N3O6S/c1-33-16-22-42(23-17-33)56(52,53)48-43(27-34-10-4-2-5-11-34)45(51)47-30-36-12-8-13-38(26-36)39-14-9-15-40(28-39)46-54-41(31-49-24-6-3-7-25-49)29-44(55-46)37-20-18-35(32-50)19-21-37/h2,4-5,8-23,26,28,41,43-44,46,48,50H,3,6-7,24-25,27,29-32H2,1H3,(H,47,51)/t41-,43-,44+,46+/m1/s1. The van der Waals surface area contributed by atoms with Crippen LogP contribution in [0.2, 0.25) is 0 Å². The Kier molecular flexibility index (Phi) is 13.1. The molecule has 0 saturated carbocycles. The molecule has 2 aliphatic rings. The zero-order chi connectivity index (χ0) is 38.9. The first kappa shape index (κ1) is 39.6. The lowest BCUT2D eigenvalue weighted by Crippen LogP contribution is -2.47. The topological polar surface area (TPSA) is 117 Å². The normalized spacial score (nSPS) is 19.6. The highest BCUT2D eigenvalue weighted by atomic mass is 32.2. The quantitative estimate of drug-likeness (QED) is 0.108. The summed E-state index contributed by atoms with van der Waals surface area (Å²) in [4.78, 5) is 16.3. The molecule has 5 aromatic rings. The number of carbonyl (C=O) groups excluding carboxylic acids is 1. The fraction of sp³-hybridized carbons (Fsp3) is 0.326. The third kappa shape index (κ3) is 10.4. The van der Waals surface area contributed by atoms with Gasteiger partial charge in [0.25, 0.3) is 0 Å². The van der Waals surface area contributed by atoms with Crippen LogP contribution in [0.25, 0.3) is 11.1 Å². The number of likely N-dealkylation sites (tertiary alicyclic amines) is 1. The Morgan fingerprint density at radius 1 is 0.768 bits per heavy atom. The van der Waals surface area contributed by atoms with E-state index < -0.39 is 28.3 Å². The van der Waals surface area contributed by atoms with Gasteiger partial charge in [-0.1, -0.05) is 115 Å².